The fraction of sp³-hybridized carbons (Fsp3) is 0.714. The summed E-state index contributed by atoms with van der Waals surface area (Å²) in [5, 5.41) is 10.8. The summed E-state index contributed by atoms with van der Waals surface area (Å²) < 4.78 is 6.12. The van der Waals surface area contributed by atoms with Crippen molar-refractivity contribution in [1.82, 2.24) is 0 Å². The molecule has 23 heavy (non-hydrogen) atoms. The molecule has 0 amide bonds. The maximum Gasteiger partial charge on any atom is 0.112 e. The van der Waals surface area contributed by atoms with Gasteiger partial charge in [0.2, 0.25) is 0 Å². The monoisotopic (exact) mass is 324 g/mol. The lowest BCUT2D eigenvalue weighted by Crippen LogP contribution is -2.48. The second kappa shape index (κ2) is 10.1. The van der Waals surface area contributed by atoms with Crippen LogP contribution in [0.5, 0.6) is 0 Å². The van der Waals surface area contributed by atoms with Gasteiger partial charge in [0.05, 0.1) is 11.2 Å². The second-order valence-corrected chi connectivity index (χ2v) is 6.19. The molecule has 1 aromatic carbocycles. The highest BCUT2D eigenvalue weighted by Gasteiger charge is 2.62. The van der Waals surface area contributed by atoms with Crippen molar-refractivity contribution in [1.29, 1.82) is 0 Å². The third kappa shape index (κ3) is 4.81. The largest absolute Gasteiger partial charge is 0.386 e. The van der Waals surface area contributed by atoms with Gasteiger partial charge in [-0.25, -0.2) is 0 Å². The molecule has 0 radical (unpaired) electrons. The van der Waals surface area contributed by atoms with Gasteiger partial charge in [0.25, 0.3) is 0 Å². The second-order valence-electron chi connectivity index (χ2n) is 6.19. The van der Waals surface area contributed by atoms with Crippen LogP contribution in [-0.2, 0) is 4.74 Å². The van der Waals surface area contributed by atoms with E-state index in [2.05, 4.69) is 13.8 Å². The standard InChI is InChI=1S/C15H22O2.3C2H6/c1-13(2)14(3,4)17-12(15(13,5)16)11-9-7-6-8-10-11;3*1-2/h6-10,12,16H,1-5H3;3*1-2H3. The van der Waals surface area contributed by atoms with Crippen LogP contribution in [0.15, 0.2) is 30.3 Å². The molecule has 0 bridgehead atoms. The number of benzene rings is 1. The minimum atomic E-state index is -0.877. The van der Waals surface area contributed by atoms with Gasteiger partial charge >= 0.3 is 0 Å². The first kappa shape index (κ1) is 24.4. The van der Waals surface area contributed by atoms with Crippen LogP contribution in [0, 0.1) is 5.41 Å². The first-order valence-corrected chi connectivity index (χ1v) is 9.15. The van der Waals surface area contributed by atoms with Crippen molar-refractivity contribution in [2.24, 2.45) is 5.41 Å². The molecule has 0 aromatic heterocycles. The van der Waals surface area contributed by atoms with Gasteiger partial charge in [-0.05, 0) is 26.3 Å². The van der Waals surface area contributed by atoms with Crippen molar-refractivity contribution in [3.05, 3.63) is 35.9 Å². The van der Waals surface area contributed by atoms with E-state index in [1.165, 1.54) is 0 Å². The fourth-order valence-corrected chi connectivity index (χ4v) is 2.51. The third-order valence-electron chi connectivity index (χ3n) is 4.80. The molecule has 0 aliphatic carbocycles. The van der Waals surface area contributed by atoms with E-state index in [4.69, 9.17) is 4.74 Å². The van der Waals surface area contributed by atoms with Crippen molar-refractivity contribution >= 4 is 0 Å². The predicted octanol–water partition coefficient (Wildman–Crippen LogP) is 6.39. The van der Waals surface area contributed by atoms with Crippen LogP contribution in [0.3, 0.4) is 0 Å². The highest BCUT2D eigenvalue weighted by Crippen LogP contribution is 2.57. The maximum absolute atomic E-state index is 10.8. The highest BCUT2D eigenvalue weighted by molar-refractivity contribution is 5.25. The van der Waals surface area contributed by atoms with E-state index >= 15 is 0 Å². The number of hydrogen-bond acceptors (Lipinski definition) is 2. The number of hydrogen-bond donors (Lipinski definition) is 1. The van der Waals surface area contributed by atoms with E-state index in [0.29, 0.717) is 0 Å². The van der Waals surface area contributed by atoms with Crippen molar-refractivity contribution in [3.63, 3.8) is 0 Å². The Morgan fingerprint density at radius 3 is 1.48 bits per heavy atom. The Kier molecular flexibility index (Phi) is 10.7. The molecule has 1 fully saturated rings. The van der Waals surface area contributed by atoms with Gasteiger partial charge in [-0.2, -0.15) is 0 Å². The highest BCUT2D eigenvalue weighted by atomic mass is 16.5. The Morgan fingerprint density at radius 1 is 0.783 bits per heavy atom. The van der Waals surface area contributed by atoms with Gasteiger partial charge in [0.1, 0.15) is 6.10 Å². The number of ether oxygens (including phenoxy) is 1. The van der Waals surface area contributed by atoms with E-state index in [0.717, 1.165) is 5.56 Å². The molecule has 2 unspecified atom stereocenters. The first-order valence-electron chi connectivity index (χ1n) is 9.15. The lowest BCUT2D eigenvalue weighted by Gasteiger charge is -2.40. The van der Waals surface area contributed by atoms with E-state index in [-0.39, 0.29) is 17.1 Å². The van der Waals surface area contributed by atoms with E-state index in [9.17, 15) is 5.11 Å². The van der Waals surface area contributed by atoms with Crippen LogP contribution < -0.4 is 0 Å². The molecular weight excluding hydrogens is 284 g/mol. The Morgan fingerprint density at radius 2 is 1.17 bits per heavy atom. The van der Waals surface area contributed by atoms with E-state index in [1.54, 1.807) is 0 Å². The molecule has 2 heteroatoms. The molecule has 1 N–H and O–H groups in total. The number of rotatable bonds is 1. The van der Waals surface area contributed by atoms with Gasteiger partial charge < -0.3 is 9.84 Å². The molecule has 0 spiro atoms. The van der Waals surface area contributed by atoms with Crippen LogP contribution in [0.2, 0.25) is 0 Å². The molecule has 1 heterocycles. The molecule has 2 atom stereocenters. The molecular formula is C21H40O2. The van der Waals surface area contributed by atoms with Gasteiger partial charge in [0.15, 0.2) is 0 Å². The van der Waals surface area contributed by atoms with Crippen molar-refractivity contribution in [2.45, 2.75) is 93.5 Å². The van der Waals surface area contributed by atoms with E-state index in [1.807, 2.05) is 92.6 Å². The number of aliphatic hydroxyl groups is 1. The topological polar surface area (TPSA) is 29.5 Å². The summed E-state index contributed by atoms with van der Waals surface area (Å²) in [6, 6.07) is 9.96. The Bertz CT molecular complexity index is 405. The summed E-state index contributed by atoms with van der Waals surface area (Å²) in [5.41, 5.74) is -0.494. The molecule has 2 rings (SSSR count). The Labute approximate surface area is 145 Å². The minimum absolute atomic E-state index is 0.270. The van der Waals surface area contributed by atoms with E-state index < -0.39 is 5.60 Å². The molecule has 1 aliphatic rings. The summed E-state index contributed by atoms with van der Waals surface area (Å²) in [4.78, 5) is 0. The summed E-state index contributed by atoms with van der Waals surface area (Å²) >= 11 is 0. The average Bonchev–Trinajstić information content (AvgIpc) is 2.70. The molecule has 1 aromatic rings. The fourth-order valence-electron chi connectivity index (χ4n) is 2.51. The smallest absolute Gasteiger partial charge is 0.112 e. The van der Waals surface area contributed by atoms with Gasteiger partial charge in [-0.1, -0.05) is 85.7 Å². The van der Waals surface area contributed by atoms with Crippen LogP contribution in [-0.4, -0.2) is 16.3 Å². The first-order chi connectivity index (χ1) is 10.7. The van der Waals surface area contributed by atoms with Gasteiger partial charge in [-0.15, -0.1) is 0 Å². The maximum atomic E-state index is 10.8. The Balaban J connectivity index is 0. The van der Waals surface area contributed by atoms with Crippen LogP contribution in [0.1, 0.15) is 87.8 Å². The van der Waals surface area contributed by atoms with Gasteiger partial charge in [-0.3, -0.25) is 0 Å². The zero-order chi connectivity index (χ0) is 18.9. The van der Waals surface area contributed by atoms with Crippen molar-refractivity contribution in [3.8, 4) is 0 Å². The zero-order valence-electron chi connectivity index (χ0n) is 17.3. The minimum Gasteiger partial charge on any atom is -0.386 e. The van der Waals surface area contributed by atoms with Gasteiger partial charge in [0, 0.05) is 5.41 Å². The molecule has 0 saturated carbocycles. The third-order valence-corrected chi connectivity index (χ3v) is 4.80. The lowest BCUT2D eigenvalue weighted by molar-refractivity contribution is -0.0618. The Hall–Kier alpha value is -0.860. The zero-order valence-corrected chi connectivity index (χ0v) is 17.3. The summed E-state index contributed by atoms with van der Waals surface area (Å²) in [6.07, 6.45) is -0.270. The SMILES string of the molecule is CC.CC.CC.CC1(C)OC(c2ccccc2)C(C)(O)C1(C)C. The summed E-state index contributed by atoms with van der Waals surface area (Å²) in [5.74, 6) is 0. The quantitative estimate of drug-likeness (QED) is 0.648. The lowest BCUT2D eigenvalue weighted by atomic mass is 9.66. The van der Waals surface area contributed by atoms with Crippen molar-refractivity contribution in [2.75, 3.05) is 0 Å². The van der Waals surface area contributed by atoms with Crippen LogP contribution in [0.4, 0.5) is 0 Å². The predicted molar refractivity (Wildman–Crippen MR) is 103 cm³/mol. The van der Waals surface area contributed by atoms with Crippen LogP contribution in [0.25, 0.3) is 0 Å². The van der Waals surface area contributed by atoms with Crippen molar-refractivity contribution < 1.29 is 9.84 Å². The van der Waals surface area contributed by atoms with Crippen LogP contribution >= 0.6 is 0 Å². The molecule has 1 saturated heterocycles. The molecule has 1 aliphatic heterocycles. The normalized spacial score (nSPS) is 26.5. The summed E-state index contributed by atoms with van der Waals surface area (Å²) in [7, 11) is 0. The summed E-state index contributed by atoms with van der Waals surface area (Å²) in [6.45, 7) is 22.1. The molecule has 2 nitrogen and oxygen atoms in total. The average molecular weight is 325 g/mol. The molecule has 136 valence electrons.